The lowest BCUT2D eigenvalue weighted by Gasteiger charge is -2.37. The first kappa shape index (κ1) is 34.3. The van der Waals surface area contributed by atoms with E-state index in [9.17, 15) is 29.1 Å². The summed E-state index contributed by atoms with van der Waals surface area (Å²) in [7, 11) is -1.69. The number of hydrogen-bond acceptors (Lipinski definition) is 8. The van der Waals surface area contributed by atoms with Gasteiger partial charge in [0.1, 0.15) is 0 Å². The van der Waals surface area contributed by atoms with Crippen LogP contribution >= 0.6 is 0 Å². The molecule has 0 bridgehead atoms. The van der Waals surface area contributed by atoms with Gasteiger partial charge in [-0.3, -0.25) is 19.2 Å². The highest BCUT2D eigenvalue weighted by Crippen LogP contribution is 2.60. The number of fused-ring (bicyclic) bond motifs is 3. The van der Waals surface area contributed by atoms with E-state index in [0.29, 0.717) is 62.3 Å². The van der Waals surface area contributed by atoms with E-state index >= 15 is 0 Å². The third-order valence-corrected chi connectivity index (χ3v) is 13.4. The van der Waals surface area contributed by atoms with Gasteiger partial charge < -0.3 is 34.1 Å². The number of unbranched alkanes of at least 4 members (excludes halogenated alkanes) is 1. The molecule has 6 rings (SSSR count). The van der Waals surface area contributed by atoms with Gasteiger partial charge in [0.05, 0.1) is 38.0 Å². The molecule has 3 amide bonds. The minimum Gasteiger partial charge on any atom is -0.469 e. The van der Waals surface area contributed by atoms with Gasteiger partial charge in [0.15, 0.2) is 13.9 Å². The van der Waals surface area contributed by atoms with Crippen molar-refractivity contribution >= 4 is 43.4 Å². The third-order valence-electron chi connectivity index (χ3n) is 10.9. The molecular weight excluding hydrogens is 630 g/mol. The highest BCUT2D eigenvalue weighted by atomic mass is 28.4. The van der Waals surface area contributed by atoms with Gasteiger partial charge in [-0.15, -0.1) is 0 Å². The summed E-state index contributed by atoms with van der Waals surface area (Å²) in [5.74, 6) is -1.21. The van der Waals surface area contributed by atoms with E-state index in [1.54, 1.807) is 14.7 Å². The normalized spacial score (nSPS) is 26.8. The van der Waals surface area contributed by atoms with E-state index in [1.807, 2.05) is 62.5 Å². The molecule has 2 fully saturated rings. The number of aliphatic hydroxyl groups is 1. The number of esters is 1. The molecule has 12 heteroatoms. The predicted octanol–water partition coefficient (Wildman–Crippen LogP) is 3.64. The number of rotatable bonds is 10. The smallest absolute Gasteiger partial charge is 0.305 e. The van der Waals surface area contributed by atoms with Crippen LogP contribution < -0.4 is 9.80 Å². The van der Waals surface area contributed by atoms with Crippen molar-refractivity contribution in [1.82, 2.24) is 4.90 Å². The molecular formula is C36H47N3O8Si. The largest absolute Gasteiger partial charge is 0.469 e. The summed E-state index contributed by atoms with van der Waals surface area (Å²) < 4.78 is 11.7. The van der Waals surface area contributed by atoms with Gasteiger partial charge in [-0.05, 0) is 68.1 Å². The Hall–Kier alpha value is -3.58. The molecule has 11 nitrogen and oxygen atoms in total. The lowest BCUT2D eigenvalue weighted by molar-refractivity contribution is -0.151. The maximum absolute atomic E-state index is 14.8. The van der Waals surface area contributed by atoms with Crippen molar-refractivity contribution < 1.29 is 38.6 Å². The first-order valence-electron chi connectivity index (χ1n) is 17.1. The molecule has 4 aliphatic heterocycles. The van der Waals surface area contributed by atoms with Gasteiger partial charge >= 0.3 is 5.97 Å². The zero-order valence-electron chi connectivity index (χ0n) is 28.3. The number of benzene rings is 2. The number of carbonyl (C=O) groups excluding carboxylic acids is 4. The molecule has 4 aliphatic rings. The molecule has 2 aromatic carbocycles. The molecule has 1 spiro atoms. The van der Waals surface area contributed by atoms with Crippen LogP contribution in [0.2, 0.25) is 18.6 Å². The number of hydrogen-bond donors (Lipinski definition) is 2. The Morgan fingerprint density at radius 3 is 2.52 bits per heavy atom. The zero-order valence-corrected chi connectivity index (χ0v) is 29.3. The molecule has 4 heterocycles. The molecule has 0 saturated carbocycles. The highest BCUT2D eigenvalue weighted by Gasteiger charge is 2.66. The number of carbonyl (C=O) groups is 4. The van der Waals surface area contributed by atoms with E-state index in [2.05, 4.69) is 0 Å². The maximum atomic E-state index is 14.8. The number of amides is 3. The van der Waals surface area contributed by atoms with E-state index < -0.39 is 31.5 Å². The molecule has 0 aliphatic carbocycles. The Balaban J connectivity index is 1.35. The predicted molar refractivity (Wildman–Crippen MR) is 182 cm³/mol. The van der Waals surface area contributed by atoms with Crippen LogP contribution in [-0.2, 0) is 47.2 Å². The topological polar surface area (TPSA) is 137 Å². The number of methoxy groups -OCH3 is 1. The molecule has 0 aromatic heterocycles. The van der Waals surface area contributed by atoms with E-state index in [0.717, 1.165) is 17.5 Å². The second-order valence-corrected chi connectivity index (χ2v) is 18.2. The van der Waals surface area contributed by atoms with Crippen LogP contribution in [0.4, 0.5) is 11.4 Å². The van der Waals surface area contributed by atoms with Gasteiger partial charge in [0.25, 0.3) is 5.91 Å². The Kier molecular flexibility index (Phi) is 9.56. The van der Waals surface area contributed by atoms with Gasteiger partial charge in [0.2, 0.25) is 11.8 Å². The van der Waals surface area contributed by atoms with Crippen LogP contribution in [0.1, 0.15) is 62.1 Å². The van der Waals surface area contributed by atoms with Crippen molar-refractivity contribution in [2.24, 2.45) is 5.92 Å². The minimum atomic E-state index is -3.05. The first-order valence-corrected chi connectivity index (χ1v) is 20.1. The Labute approximate surface area is 282 Å². The molecule has 258 valence electrons. The maximum Gasteiger partial charge on any atom is 0.305 e. The van der Waals surface area contributed by atoms with Crippen LogP contribution in [0.25, 0.3) is 0 Å². The van der Waals surface area contributed by atoms with Crippen molar-refractivity contribution in [2.45, 2.75) is 94.8 Å². The number of anilines is 2. The summed E-state index contributed by atoms with van der Waals surface area (Å²) in [5, 5.41) is 10.3. The summed E-state index contributed by atoms with van der Waals surface area (Å²) >= 11 is 0. The second-order valence-electron chi connectivity index (χ2n) is 14.2. The lowest BCUT2D eigenvalue weighted by Crippen LogP contribution is -2.48. The van der Waals surface area contributed by atoms with Crippen molar-refractivity contribution in [3.63, 3.8) is 0 Å². The standard InChI is InChI=1S/C36H47N3O8Si/c1-23-34(48(3,4)45)30(20-32(42)39-21-25-11-6-5-10-24(25)18-27(39)22-40)47-36(23)28-19-26(37-17-9-12-31(37)41)14-15-29(28)38(35(36)44)16-8-7-13-33(43)46-2/h5-6,10-11,14-15,19,23,27,30,34,40,45H,7-9,12-13,16-18,20-22H2,1-4H3/t23-,27-,30+,34-,36+/m0/s1. The average Bonchev–Trinajstić information content (AvgIpc) is 3.70. The van der Waals surface area contributed by atoms with E-state index in [-0.39, 0.29) is 49.2 Å². The zero-order chi connectivity index (χ0) is 34.4. The van der Waals surface area contributed by atoms with E-state index in [1.165, 1.54) is 7.11 Å². The molecule has 48 heavy (non-hydrogen) atoms. The first-order chi connectivity index (χ1) is 22.9. The van der Waals surface area contributed by atoms with Crippen LogP contribution in [-0.4, -0.2) is 85.8 Å². The van der Waals surface area contributed by atoms with Crippen LogP contribution in [0.3, 0.4) is 0 Å². The summed E-state index contributed by atoms with van der Waals surface area (Å²) in [6, 6.07) is 13.2. The van der Waals surface area contributed by atoms with Gasteiger partial charge in [0, 0.05) is 55.2 Å². The molecule has 2 saturated heterocycles. The SMILES string of the molecule is COC(=O)CCCCN1C(=O)[C@]2(O[C@H](CC(=O)N3Cc4ccccc4C[C@H]3CO)[C@@H]([Si](C)(C)O)[C@@H]2C)c2cc(N3CCCC3=O)ccc21. The van der Waals surface area contributed by atoms with Crippen LogP contribution in [0, 0.1) is 5.92 Å². The highest BCUT2D eigenvalue weighted by molar-refractivity contribution is 6.71. The minimum absolute atomic E-state index is 0.0279. The molecule has 2 aromatic rings. The molecule has 0 radical (unpaired) electrons. The van der Waals surface area contributed by atoms with Crippen molar-refractivity contribution in [2.75, 3.05) is 36.6 Å². The fraction of sp³-hybridized carbons (Fsp3) is 0.556. The van der Waals surface area contributed by atoms with Gasteiger partial charge in [-0.1, -0.05) is 31.2 Å². The molecule has 0 unspecified atom stereocenters. The van der Waals surface area contributed by atoms with Gasteiger partial charge in [-0.25, -0.2) is 0 Å². The van der Waals surface area contributed by atoms with Crippen molar-refractivity contribution in [1.29, 1.82) is 0 Å². The fourth-order valence-electron chi connectivity index (χ4n) is 8.55. The summed E-state index contributed by atoms with van der Waals surface area (Å²) in [5.41, 5.74) is 2.23. The summed E-state index contributed by atoms with van der Waals surface area (Å²) in [4.78, 5) is 70.3. The van der Waals surface area contributed by atoms with Crippen molar-refractivity contribution in [3.05, 3.63) is 59.2 Å². The van der Waals surface area contributed by atoms with Crippen LogP contribution in [0.15, 0.2) is 42.5 Å². The van der Waals surface area contributed by atoms with Gasteiger partial charge in [-0.2, -0.15) is 0 Å². The molecule has 5 atom stereocenters. The van der Waals surface area contributed by atoms with Crippen molar-refractivity contribution in [3.8, 4) is 0 Å². The lowest BCUT2D eigenvalue weighted by atomic mass is 9.82. The Bertz CT molecular complexity index is 1590. The number of ether oxygens (including phenoxy) is 2. The third kappa shape index (κ3) is 5.97. The average molecular weight is 678 g/mol. The van der Waals surface area contributed by atoms with Crippen LogP contribution in [0.5, 0.6) is 0 Å². The van der Waals surface area contributed by atoms with E-state index in [4.69, 9.17) is 9.47 Å². The Morgan fingerprint density at radius 1 is 1.10 bits per heavy atom. The second kappa shape index (κ2) is 13.4. The monoisotopic (exact) mass is 677 g/mol. The molecule has 2 N–H and O–H groups in total. The fourth-order valence-corrected chi connectivity index (χ4v) is 11.1. The Morgan fingerprint density at radius 2 is 1.85 bits per heavy atom. The summed E-state index contributed by atoms with van der Waals surface area (Å²) in [6.07, 6.45) is 2.31. The quantitative estimate of drug-likeness (QED) is 0.221. The number of nitrogens with zero attached hydrogens (tertiary/aromatic N) is 3. The summed E-state index contributed by atoms with van der Waals surface area (Å²) in [6.45, 7) is 6.72. The number of aliphatic hydroxyl groups excluding tert-OH is 1.